The Labute approximate surface area is 77.1 Å². The van der Waals surface area contributed by atoms with Crippen molar-refractivity contribution in [1.82, 2.24) is 5.32 Å². The summed E-state index contributed by atoms with van der Waals surface area (Å²) in [5.41, 5.74) is -1.58. The van der Waals surface area contributed by atoms with Gasteiger partial charge >= 0.3 is 11.9 Å². The third-order valence-corrected chi connectivity index (χ3v) is 2.18. The molecular formula is C7H9F4NO2. The van der Waals surface area contributed by atoms with Gasteiger partial charge in [0.05, 0.1) is 12.1 Å². The lowest BCUT2D eigenvalue weighted by Gasteiger charge is -2.19. The first-order valence-corrected chi connectivity index (χ1v) is 3.95. The fourth-order valence-electron chi connectivity index (χ4n) is 0.969. The maximum atomic E-state index is 12.5. The standard InChI is InChI=1S/C7H9F4NO2/c8-4(9)6(1-2-6)12-3-7(10,11)5(13)14/h4,12H,1-3H2,(H,13,14). The second-order valence-electron chi connectivity index (χ2n) is 3.32. The van der Waals surface area contributed by atoms with Crippen molar-refractivity contribution in [2.24, 2.45) is 0 Å². The molecule has 1 fully saturated rings. The van der Waals surface area contributed by atoms with Gasteiger partial charge in [-0.25, -0.2) is 13.6 Å². The van der Waals surface area contributed by atoms with Gasteiger partial charge in [0.1, 0.15) is 0 Å². The van der Waals surface area contributed by atoms with Crippen LogP contribution in [0.25, 0.3) is 0 Å². The van der Waals surface area contributed by atoms with Crippen LogP contribution in [0.15, 0.2) is 0 Å². The van der Waals surface area contributed by atoms with Crippen molar-refractivity contribution in [3.63, 3.8) is 0 Å². The highest BCUT2D eigenvalue weighted by atomic mass is 19.3. The van der Waals surface area contributed by atoms with E-state index in [1.54, 1.807) is 0 Å². The molecule has 0 spiro atoms. The van der Waals surface area contributed by atoms with Gasteiger partial charge in [0.2, 0.25) is 0 Å². The number of alkyl halides is 4. The Morgan fingerprint density at radius 3 is 2.29 bits per heavy atom. The summed E-state index contributed by atoms with van der Waals surface area (Å²) in [5, 5.41) is 9.93. The predicted octanol–water partition coefficient (Wildman–Crippen LogP) is 1.09. The van der Waals surface area contributed by atoms with Crippen LogP contribution in [-0.4, -0.2) is 35.5 Å². The van der Waals surface area contributed by atoms with Crippen LogP contribution in [0.2, 0.25) is 0 Å². The van der Waals surface area contributed by atoms with E-state index in [1.165, 1.54) is 0 Å². The van der Waals surface area contributed by atoms with Crippen LogP contribution in [0.5, 0.6) is 0 Å². The summed E-state index contributed by atoms with van der Waals surface area (Å²) >= 11 is 0. The first-order valence-electron chi connectivity index (χ1n) is 3.95. The molecule has 1 saturated carbocycles. The molecule has 1 aliphatic rings. The predicted molar refractivity (Wildman–Crippen MR) is 38.6 cm³/mol. The quantitative estimate of drug-likeness (QED) is 0.675. The molecule has 0 unspecified atom stereocenters. The Kier molecular flexibility index (Phi) is 2.71. The second-order valence-corrected chi connectivity index (χ2v) is 3.32. The number of carboxylic acid groups (broad SMARTS) is 1. The van der Waals surface area contributed by atoms with Crippen LogP contribution in [0, 0.1) is 0 Å². The van der Waals surface area contributed by atoms with Gasteiger partial charge in [0, 0.05) is 0 Å². The average molecular weight is 215 g/mol. The van der Waals surface area contributed by atoms with Gasteiger partial charge in [-0.05, 0) is 12.8 Å². The fraction of sp³-hybridized carbons (Fsp3) is 0.857. The Bertz CT molecular complexity index is 240. The summed E-state index contributed by atoms with van der Waals surface area (Å²) in [6.07, 6.45) is -2.55. The number of carboxylic acids is 1. The van der Waals surface area contributed by atoms with Crippen LogP contribution in [-0.2, 0) is 4.79 Å². The van der Waals surface area contributed by atoms with Crippen molar-refractivity contribution < 1.29 is 27.5 Å². The van der Waals surface area contributed by atoms with Crippen molar-refractivity contribution >= 4 is 5.97 Å². The van der Waals surface area contributed by atoms with Crippen LogP contribution in [0.1, 0.15) is 12.8 Å². The minimum atomic E-state index is -4.00. The third-order valence-electron chi connectivity index (χ3n) is 2.18. The number of halogens is 4. The van der Waals surface area contributed by atoms with Crippen LogP contribution >= 0.6 is 0 Å². The molecule has 7 heteroatoms. The van der Waals surface area contributed by atoms with E-state index >= 15 is 0 Å². The SMILES string of the molecule is O=C(O)C(F)(F)CNC1(C(F)F)CC1. The summed E-state index contributed by atoms with van der Waals surface area (Å²) in [5.74, 6) is -6.31. The van der Waals surface area contributed by atoms with Gasteiger partial charge in [-0.15, -0.1) is 0 Å². The summed E-state index contributed by atoms with van der Waals surface area (Å²) < 4.78 is 49.3. The molecule has 0 aromatic rings. The van der Waals surface area contributed by atoms with Gasteiger partial charge in [-0.1, -0.05) is 0 Å². The molecule has 0 heterocycles. The summed E-state index contributed by atoms with van der Waals surface area (Å²) in [4.78, 5) is 9.95. The molecule has 0 atom stereocenters. The normalized spacial score (nSPS) is 19.8. The number of hydrogen-bond donors (Lipinski definition) is 2. The lowest BCUT2D eigenvalue weighted by Crippen LogP contribution is -2.47. The minimum Gasteiger partial charge on any atom is -0.477 e. The minimum absolute atomic E-state index is 0.0976. The van der Waals surface area contributed by atoms with E-state index in [2.05, 4.69) is 0 Å². The van der Waals surface area contributed by atoms with E-state index in [-0.39, 0.29) is 12.8 Å². The van der Waals surface area contributed by atoms with Gasteiger partial charge in [0.25, 0.3) is 6.43 Å². The van der Waals surface area contributed by atoms with E-state index in [0.29, 0.717) is 0 Å². The topological polar surface area (TPSA) is 49.3 Å². The monoisotopic (exact) mass is 215 g/mol. The summed E-state index contributed by atoms with van der Waals surface area (Å²) in [7, 11) is 0. The molecule has 3 nitrogen and oxygen atoms in total. The van der Waals surface area contributed by atoms with Crippen LogP contribution in [0.3, 0.4) is 0 Å². The van der Waals surface area contributed by atoms with Crippen molar-refractivity contribution in [1.29, 1.82) is 0 Å². The molecule has 0 amide bonds. The average Bonchev–Trinajstić information content (AvgIpc) is 2.81. The van der Waals surface area contributed by atoms with Crippen molar-refractivity contribution in [3.05, 3.63) is 0 Å². The van der Waals surface area contributed by atoms with Gasteiger partial charge in [0.15, 0.2) is 0 Å². The molecule has 0 saturated heterocycles. The first kappa shape index (κ1) is 11.2. The van der Waals surface area contributed by atoms with E-state index in [9.17, 15) is 22.4 Å². The van der Waals surface area contributed by atoms with Crippen molar-refractivity contribution in [2.45, 2.75) is 30.7 Å². The Morgan fingerprint density at radius 2 is 2.00 bits per heavy atom. The second kappa shape index (κ2) is 3.38. The van der Waals surface area contributed by atoms with E-state index < -0.39 is 30.4 Å². The number of aliphatic carboxylic acids is 1. The number of carbonyl (C=O) groups is 1. The fourth-order valence-corrected chi connectivity index (χ4v) is 0.969. The maximum Gasteiger partial charge on any atom is 0.375 e. The molecule has 0 aromatic carbocycles. The number of rotatable bonds is 5. The highest BCUT2D eigenvalue weighted by Crippen LogP contribution is 2.41. The zero-order chi connectivity index (χ0) is 11.0. The summed E-state index contributed by atoms with van der Waals surface area (Å²) in [6, 6.07) is 0. The molecule has 82 valence electrons. The van der Waals surface area contributed by atoms with E-state index in [4.69, 9.17) is 5.11 Å². The lowest BCUT2D eigenvalue weighted by molar-refractivity contribution is -0.164. The highest BCUT2D eigenvalue weighted by molar-refractivity contribution is 5.75. The van der Waals surface area contributed by atoms with Gasteiger partial charge in [-0.2, -0.15) is 8.78 Å². The van der Waals surface area contributed by atoms with Gasteiger partial charge in [-0.3, -0.25) is 0 Å². The molecule has 2 N–H and O–H groups in total. The maximum absolute atomic E-state index is 12.5. The molecule has 1 rings (SSSR count). The molecule has 0 aromatic heterocycles. The largest absolute Gasteiger partial charge is 0.477 e. The Morgan fingerprint density at radius 1 is 1.50 bits per heavy atom. The third kappa shape index (κ3) is 2.14. The summed E-state index contributed by atoms with van der Waals surface area (Å²) in [6.45, 7) is -1.26. The number of hydrogen-bond acceptors (Lipinski definition) is 2. The molecule has 0 bridgehead atoms. The highest BCUT2D eigenvalue weighted by Gasteiger charge is 2.53. The van der Waals surface area contributed by atoms with Crippen LogP contribution < -0.4 is 5.32 Å². The zero-order valence-corrected chi connectivity index (χ0v) is 7.07. The van der Waals surface area contributed by atoms with E-state index in [1.807, 2.05) is 5.32 Å². The van der Waals surface area contributed by atoms with Gasteiger partial charge < -0.3 is 10.4 Å². The Hall–Kier alpha value is -0.850. The Balaban J connectivity index is 2.45. The molecule has 0 aliphatic heterocycles. The number of nitrogens with one attached hydrogen (secondary N) is 1. The smallest absolute Gasteiger partial charge is 0.375 e. The zero-order valence-electron chi connectivity index (χ0n) is 7.07. The first-order chi connectivity index (χ1) is 6.30. The molecular weight excluding hydrogens is 206 g/mol. The molecule has 14 heavy (non-hydrogen) atoms. The van der Waals surface area contributed by atoms with Crippen LogP contribution in [0.4, 0.5) is 17.6 Å². The molecule has 1 aliphatic carbocycles. The van der Waals surface area contributed by atoms with Crippen molar-refractivity contribution in [3.8, 4) is 0 Å². The van der Waals surface area contributed by atoms with Crippen molar-refractivity contribution in [2.75, 3.05) is 6.54 Å². The lowest BCUT2D eigenvalue weighted by atomic mass is 10.2. The van der Waals surface area contributed by atoms with E-state index in [0.717, 1.165) is 0 Å². The molecule has 0 radical (unpaired) electrons.